The summed E-state index contributed by atoms with van der Waals surface area (Å²) in [6.45, 7) is 0. The molecule has 0 aromatic carbocycles. The molecule has 5 nitrogen and oxygen atoms in total. The van der Waals surface area contributed by atoms with Crippen molar-refractivity contribution in [2.24, 2.45) is 11.7 Å². The Morgan fingerprint density at radius 3 is 2.79 bits per heavy atom. The minimum Gasteiger partial charge on any atom is -0.453 e. The number of ether oxygens (including phenoxy) is 1. The van der Waals surface area contributed by atoms with Crippen molar-refractivity contribution in [1.82, 2.24) is 5.32 Å². The van der Waals surface area contributed by atoms with E-state index in [2.05, 4.69) is 10.1 Å². The van der Waals surface area contributed by atoms with Crippen LogP contribution in [0.2, 0.25) is 0 Å². The number of primary amides is 1. The van der Waals surface area contributed by atoms with Crippen molar-refractivity contribution in [3.8, 4) is 0 Å². The Balaban J connectivity index is 2.59. The minimum atomic E-state index is -0.666. The summed E-state index contributed by atoms with van der Waals surface area (Å²) in [4.78, 5) is 22.0. The van der Waals surface area contributed by atoms with Crippen molar-refractivity contribution in [2.45, 2.75) is 18.9 Å². The van der Waals surface area contributed by atoms with Gasteiger partial charge in [-0.1, -0.05) is 12.2 Å². The molecule has 0 bridgehead atoms. The zero-order valence-corrected chi connectivity index (χ0v) is 8.03. The SMILES string of the molecule is COC(=O)NC(C(N)=O)C1C=CCC1. The van der Waals surface area contributed by atoms with Crippen LogP contribution < -0.4 is 11.1 Å². The fourth-order valence-electron chi connectivity index (χ4n) is 1.51. The molecule has 5 heteroatoms. The second kappa shape index (κ2) is 4.64. The molecule has 2 unspecified atom stereocenters. The highest BCUT2D eigenvalue weighted by Gasteiger charge is 2.27. The highest BCUT2D eigenvalue weighted by molar-refractivity contribution is 5.84. The molecule has 3 N–H and O–H groups in total. The lowest BCUT2D eigenvalue weighted by atomic mass is 9.99. The number of alkyl carbamates (subject to hydrolysis) is 1. The van der Waals surface area contributed by atoms with Crippen molar-refractivity contribution < 1.29 is 14.3 Å². The highest BCUT2D eigenvalue weighted by atomic mass is 16.5. The number of amides is 2. The van der Waals surface area contributed by atoms with Gasteiger partial charge in [0.1, 0.15) is 6.04 Å². The third kappa shape index (κ3) is 2.48. The van der Waals surface area contributed by atoms with Crippen LogP contribution >= 0.6 is 0 Å². The van der Waals surface area contributed by atoms with Gasteiger partial charge in [-0.05, 0) is 12.8 Å². The molecule has 0 aromatic heterocycles. The second-order valence-electron chi connectivity index (χ2n) is 3.19. The molecule has 2 amide bonds. The van der Waals surface area contributed by atoms with Crippen LogP contribution in [0.4, 0.5) is 4.79 Å². The van der Waals surface area contributed by atoms with Crippen LogP contribution in [0.15, 0.2) is 12.2 Å². The maximum absolute atomic E-state index is 11.1. The molecule has 0 fully saturated rings. The van der Waals surface area contributed by atoms with Gasteiger partial charge in [0, 0.05) is 5.92 Å². The summed E-state index contributed by atoms with van der Waals surface area (Å²) in [7, 11) is 1.25. The van der Waals surface area contributed by atoms with Crippen molar-refractivity contribution in [1.29, 1.82) is 0 Å². The van der Waals surface area contributed by atoms with Crippen molar-refractivity contribution in [2.75, 3.05) is 7.11 Å². The van der Waals surface area contributed by atoms with E-state index in [9.17, 15) is 9.59 Å². The van der Waals surface area contributed by atoms with Gasteiger partial charge in [-0.25, -0.2) is 4.79 Å². The van der Waals surface area contributed by atoms with Gasteiger partial charge in [0.15, 0.2) is 0 Å². The summed E-state index contributed by atoms with van der Waals surface area (Å²) >= 11 is 0. The molecule has 0 saturated carbocycles. The summed E-state index contributed by atoms with van der Waals surface area (Å²) < 4.78 is 4.41. The number of hydrogen-bond acceptors (Lipinski definition) is 3. The highest BCUT2D eigenvalue weighted by Crippen LogP contribution is 2.20. The summed E-state index contributed by atoms with van der Waals surface area (Å²) in [6.07, 6.45) is 4.98. The van der Waals surface area contributed by atoms with Crippen LogP contribution in [0.1, 0.15) is 12.8 Å². The van der Waals surface area contributed by atoms with E-state index in [1.807, 2.05) is 12.2 Å². The standard InChI is InChI=1S/C9H14N2O3/c1-14-9(13)11-7(8(10)12)6-4-2-3-5-6/h2,4,6-7H,3,5H2,1H3,(H2,10,12)(H,11,13). The van der Waals surface area contributed by atoms with Crippen LogP contribution in [0.3, 0.4) is 0 Å². The molecule has 0 aromatic rings. The van der Waals surface area contributed by atoms with E-state index in [0.29, 0.717) is 0 Å². The van der Waals surface area contributed by atoms with Crippen molar-refractivity contribution >= 4 is 12.0 Å². The fraction of sp³-hybridized carbons (Fsp3) is 0.556. The number of nitrogens with two attached hydrogens (primary N) is 1. The molecule has 2 atom stereocenters. The smallest absolute Gasteiger partial charge is 0.407 e. The Bertz CT molecular complexity index is 263. The third-order valence-corrected chi connectivity index (χ3v) is 2.24. The molecular formula is C9H14N2O3. The number of carbonyl (C=O) groups excluding carboxylic acids is 2. The Kier molecular flexibility index (Phi) is 3.50. The lowest BCUT2D eigenvalue weighted by molar-refractivity contribution is -0.120. The van der Waals surface area contributed by atoms with E-state index in [-0.39, 0.29) is 5.92 Å². The van der Waals surface area contributed by atoms with Crippen LogP contribution in [-0.2, 0) is 9.53 Å². The molecule has 0 aliphatic heterocycles. The van der Waals surface area contributed by atoms with Gasteiger partial charge in [0.2, 0.25) is 5.91 Å². The number of nitrogens with one attached hydrogen (secondary N) is 1. The molecule has 1 aliphatic rings. The van der Waals surface area contributed by atoms with Gasteiger partial charge < -0.3 is 15.8 Å². The number of hydrogen-bond donors (Lipinski definition) is 2. The van der Waals surface area contributed by atoms with Gasteiger partial charge in [0.05, 0.1) is 7.11 Å². The minimum absolute atomic E-state index is 0.00778. The third-order valence-electron chi connectivity index (χ3n) is 2.24. The summed E-state index contributed by atoms with van der Waals surface area (Å²) in [5, 5.41) is 2.42. The van der Waals surface area contributed by atoms with Crippen LogP contribution in [0.25, 0.3) is 0 Å². The molecule has 0 radical (unpaired) electrons. The zero-order valence-electron chi connectivity index (χ0n) is 8.03. The Labute approximate surface area is 82.3 Å². The summed E-state index contributed by atoms with van der Waals surface area (Å²) in [6, 6.07) is -0.666. The first kappa shape index (κ1) is 10.6. The van der Waals surface area contributed by atoms with E-state index in [4.69, 9.17) is 5.73 Å². The Morgan fingerprint density at radius 1 is 1.64 bits per heavy atom. The molecular weight excluding hydrogens is 184 g/mol. The first-order valence-electron chi connectivity index (χ1n) is 4.45. The molecule has 1 aliphatic carbocycles. The quantitative estimate of drug-likeness (QED) is 0.634. The van der Waals surface area contributed by atoms with Gasteiger partial charge in [-0.15, -0.1) is 0 Å². The maximum Gasteiger partial charge on any atom is 0.407 e. The average Bonchev–Trinajstić information content (AvgIpc) is 2.65. The van der Waals surface area contributed by atoms with E-state index < -0.39 is 18.0 Å². The van der Waals surface area contributed by atoms with Crippen molar-refractivity contribution in [3.63, 3.8) is 0 Å². The van der Waals surface area contributed by atoms with Gasteiger partial charge in [-0.2, -0.15) is 0 Å². The summed E-state index contributed by atoms with van der Waals surface area (Å²) in [5.74, 6) is -0.543. The number of rotatable bonds is 3. The topological polar surface area (TPSA) is 81.4 Å². The first-order valence-corrected chi connectivity index (χ1v) is 4.45. The maximum atomic E-state index is 11.1. The lowest BCUT2D eigenvalue weighted by Gasteiger charge is -2.19. The van der Waals surface area contributed by atoms with Gasteiger partial charge >= 0.3 is 6.09 Å². The predicted octanol–water partition coefficient (Wildman–Crippen LogP) is 0.162. The van der Waals surface area contributed by atoms with Crippen LogP contribution in [-0.4, -0.2) is 25.2 Å². The molecule has 0 spiro atoms. The largest absolute Gasteiger partial charge is 0.453 e. The Morgan fingerprint density at radius 2 is 2.36 bits per heavy atom. The van der Waals surface area contributed by atoms with Crippen LogP contribution in [0, 0.1) is 5.92 Å². The predicted molar refractivity (Wildman–Crippen MR) is 50.4 cm³/mol. The number of carbonyl (C=O) groups is 2. The van der Waals surface area contributed by atoms with Crippen molar-refractivity contribution in [3.05, 3.63) is 12.2 Å². The zero-order chi connectivity index (χ0) is 10.6. The van der Waals surface area contributed by atoms with E-state index in [1.165, 1.54) is 7.11 Å². The molecule has 14 heavy (non-hydrogen) atoms. The monoisotopic (exact) mass is 198 g/mol. The second-order valence-corrected chi connectivity index (χ2v) is 3.19. The molecule has 78 valence electrons. The number of allylic oxidation sites excluding steroid dienone is 1. The van der Waals surface area contributed by atoms with Gasteiger partial charge in [-0.3, -0.25) is 4.79 Å². The van der Waals surface area contributed by atoms with Gasteiger partial charge in [0.25, 0.3) is 0 Å². The van der Waals surface area contributed by atoms with E-state index >= 15 is 0 Å². The average molecular weight is 198 g/mol. The molecule has 0 heterocycles. The van der Waals surface area contributed by atoms with E-state index in [0.717, 1.165) is 12.8 Å². The summed E-state index contributed by atoms with van der Waals surface area (Å²) in [5.41, 5.74) is 5.18. The Hall–Kier alpha value is -1.52. The van der Waals surface area contributed by atoms with E-state index in [1.54, 1.807) is 0 Å². The lowest BCUT2D eigenvalue weighted by Crippen LogP contribution is -2.48. The fourth-order valence-corrected chi connectivity index (χ4v) is 1.51. The first-order chi connectivity index (χ1) is 6.65. The molecule has 0 saturated heterocycles. The normalized spacial score (nSPS) is 21.6. The molecule has 1 rings (SSSR count). The van der Waals surface area contributed by atoms with Crippen LogP contribution in [0.5, 0.6) is 0 Å². The number of methoxy groups -OCH3 is 1.